The van der Waals surface area contributed by atoms with E-state index in [9.17, 15) is 0 Å². The first-order valence-electron chi connectivity index (χ1n) is 4.47. The van der Waals surface area contributed by atoms with Crippen LogP contribution in [0.2, 0.25) is 0 Å². The Morgan fingerprint density at radius 1 is 0.944 bits per heavy atom. The van der Waals surface area contributed by atoms with E-state index in [1.165, 1.54) is 7.05 Å². The van der Waals surface area contributed by atoms with Crippen LogP contribution in [0.4, 0.5) is 0 Å². The predicted molar refractivity (Wildman–Crippen MR) is 71.6 cm³/mol. The number of hydrogen-bond donors (Lipinski definition) is 4. The fraction of sp³-hybridized carbons (Fsp3) is 0.429. The first-order valence-corrected chi connectivity index (χ1v) is 4.47. The number of nitrogens with zero attached hydrogens (tertiary/aromatic N) is 4. The van der Waals surface area contributed by atoms with E-state index < -0.39 is 0 Å². The summed E-state index contributed by atoms with van der Waals surface area (Å²) in [5.41, 5.74) is 33.1. The van der Waals surface area contributed by atoms with Crippen LogP contribution < -0.4 is 22.9 Å². The van der Waals surface area contributed by atoms with Crippen molar-refractivity contribution in [2.24, 2.45) is 42.9 Å². The first kappa shape index (κ1) is 21.8. The van der Waals surface area contributed by atoms with Crippen LogP contribution in [0.15, 0.2) is 20.0 Å². The van der Waals surface area contributed by atoms with Crippen molar-refractivity contribution in [2.45, 2.75) is 6.92 Å². The van der Waals surface area contributed by atoms with Gasteiger partial charge in [-0.2, -0.15) is 0 Å². The van der Waals surface area contributed by atoms with Gasteiger partial charge < -0.3 is 44.4 Å². The fourth-order valence-electron chi connectivity index (χ4n) is 0.494. The van der Waals surface area contributed by atoms with Crippen LogP contribution in [0.5, 0.6) is 0 Å². The molecule has 0 rings (SSSR count). The van der Waals surface area contributed by atoms with Crippen molar-refractivity contribution in [1.29, 1.82) is 0 Å². The Balaban J connectivity index is -0.000000238. The molecule has 0 atom stereocenters. The van der Waals surface area contributed by atoms with Gasteiger partial charge in [-0.3, -0.25) is 9.98 Å². The van der Waals surface area contributed by atoms with E-state index in [1.54, 1.807) is 0 Å². The molecular weight excluding hydrogens is 313 g/mol. The van der Waals surface area contributed by atoms with Crippen LogP contribution in [0.25, 0.3) is 11.5 Å². The molecule has 11 heteroatoms. The molecule has 0 aromatic carbocycles. The molecule has 0 aromatic rings. The van der Waals surface area contributed by atoms with Crippen molar-refractivity contribution in [3.05, 3.63) is 11.5 Å². The van der Waals surface area contributed by atoms with Gasteiger partial charge in [0.15, 0.2) is 0 Å². The van der Waals surface area contributed by atoms with Crippen molar-refractivity contribution < 1.29 is 32.7 Å². The summed E-state index contributed by atoms with van der Waals surface area (Å²) in [4.78, 5) is 13.7. The molecule has 0 saturated heterocycles. The number of nitrogens with two attached hydrogens (primary N) is 4. The van der Waals surface area contributed by atoms with Gasteiger partial charge in [-0.25, -0.2) is 0 Å². The Hall–Kier alpha value is -1.42. The van der Waals surface area contributed by atoms with Crippen LogP contribution in [-0.4, -0.2) is 37.4 Å². The zero-order valence-corrected chi connectivity index (χ0v) is 13.2. The van der Waals surface area contributed by atoms with Crippen molar-refractivity contribution in [3.8, 4) is 0 Å². The van der Waals surface area contributed by atoms with E-state index in [4.69, 9.17) is 34.4 Å². The van der Waals surface area contributed by atoms with Gasteiger partial charge in [0, 0.05) is 58.2 Å². The summed E-state index contributed by atoms with van der Waals surface area (Å²) in [7, 11) is 1.47. The third-order valence-corrected chi connectivity index (χ3v) is 1.02. The van der Waals surface area contributed by atoms with Gasteiger partial charge in [0.05, 0.1) is 0 Å². The summed E-state index contributed by atoms with van der Waals surface area (Å²) in [5, 5.41) is 0. The molecule has 0 bridgehead atoms. The molecule has 101 valence electrons. The minimum absolute atomic E-state index is 0. The van der Waals surface area contributed by atoms with Crippen molar-refractivity contribution in [3.63, 3.8) is 0 Å². The molecule has 0 aromatic heterocycles. The second kappa shape index (κ2) is 13.6. The summed E-state index contributed by atoms with van der Waals surface area (Å²) in [6.45, 7) is 2.38. The summed E-state index contributed by atoms with van der Waals surface area (Å²) >= 11 is 0. The van der Waals surface area contributed by atoms with Gasteiger partial charge in [-0.15, -0.1) is 0 Å². The molecule has 0 aliphatic heterocycles. The van der Waals surface area contributed by atoms with E-state index in [0.717, 1.165) is 0 Å². The molecule has 0 saturated carbocycles. The zero-order valence-electron chi connectivity index (χ0n) is 10.4. The maximum absolute atomic E-state index is 6.65. The maximum Gasteiger partial charge on any atom is 0.143 e. The van der Waals surface area contributed by atoms with Crippen LogP contribution in [-0.2, 0) is 32.7 Å². The zero-order chi connectivity index (χ0) is 13.8. The van der Waals surface area contributed by atoms with Gasteiger partial charge in [0.2, 0.25) is 0 Å². The van der Waals surface area contributed by atoms with Gasteiger partial charge in [0.1, 0.15) is 11.9 Å². The second-order valence-electron chi connectivity index (χ2n) is 2.41. The Morgan fingerprint density at radius 3 is 1.56 bits per heavy atom. The topological polar surface area (TPSA) is 201 Å². The second-order valence-corrected chi connectivity index (χ2v) is 2.41. The van der Waals surface area contributed by atoms with Gasteiger partial charge in [0.25, 0.3) is 0 Å². The third kappa shape index (κ3) is 20.1. The van der Waals surface area contributed by atoms with Gasteiger partial charge in [-0.1, -0.05) is 0 Å². The predicted octanol–water partition coefficient (Wildman–Crippen LogP) is -1.02. The number of hydrogen-bond acceptors (Lipinski definition) is 2. The van der Waals surface area contributed by atoms with Crippen LogP contribution >= 0.6 is 0 Å². The number of guanidine groups is 4. The molecule has 10 N–H and O–H groups in total. The Labute approximate surface area is 131 Å². The average molecular weight is 331 g/mol. The minimum atomic E-state index is -0.326. The number of rotatable bonds is 1. The molecule has 18 heavy (non-hydrogen) atoms. The van der Waals surface area contributed by atoms with E-state index in [0.29, 0.717) is 6.54 Å². The quantitative estimate of drug-likeness (QED) is 0.352. The van der Waals surface area contributed by atoms with Crippen LogP contribution in [0.1, 0.15) is 6.92 Å². The molecule has 0 aliphatic rings. The van der Waals surface area contributed by atoms with E-state index >= 15 is 0 Å². The SMILES string of the molecule is CCN=C(N)N=C([NH-])N.CN=C(N)N=C([NH-])N.[Y]. The largest absolute Gasteiger partial charge is 0.454 e. The van der Waals surface area contributed by atoms with E-state index in [1.807, 2.05) is 6.92 Å². The Morgan fingerprint density at radius 2 is 1.33 bits per heavy atom. The molecule has 0 unspecified atom stereocenters. The summed E-state index contributed by atoms with van der Waals surface area (Å²) < 4.78 is 0. The van der Waals surface area contributed by atoms with Crippen LogP contribution in [0.3, 0.4) is 0 Å². The molecule has 1 radical (unpaired) electrons. The summed E-state index contributed by atoms with van der Waals surface area (Å²) in [6, 6.07) is 0. The molecular formula is C7H18N10Y-2. The van der Waals surface area contributed by atoms with Gasteiger partial charge in [-0.05, 0) is 6.92 Å². The third-order valence-electron chi connectivity index (χ3n) is 1.02. The molecule has 10 nitrogen and oxygen atoms in total. The standard InChI is InChI=1S/C4H10N5.C3H8N5.Y/c1-2-8-4(7)9-3(5)6;1-7-3(6)8-2(4)5;/h2H2,1H3,(H5-,5,6,7,8,9);1H3,(H5-,4,5,6,7,8);/q2*-1;. The smallest absolute Gasteiger partial charge is 0.143 e. The Kier molecular flexibility index (Phi) is 16.5. The molecule has 0 aliphatic carbocycles. The van der Waals surface area contributed by atoms with Crippen molar-refractivity contribution in [1.82, 2.24) is 0 Å². The average Bonchev–Trinajstić information content (AvgIpc) is 2.16. The summed E-state index contributed by atoms with van der Waals surface area (Å²) in [5.74, 6) is -0.555. The van der Waals surface area contributed by atoms with Crippen molar-refractivity contribution >= 4 is 23.8 Å². The molecule has 0 amide bonds. The molecule has 0 spiro atoms. The van der Waals surface area contributed by atoms with Crippen molar-refractivity contribution in [2.75, 3.05) is 13.6 Å². The minimum Gasteiger partial charge on any atom is -0.454 e. The van der Waals surface area contributed by atoms with E-state index in [2.05, 4.69) is 20.0 Å². The first-order chi connectivity index (χ1) is 7.83. The fourth-order valence-corrected chi connectivity index (χ4v) is 0.494. The van der Waals surface area contributed by atoms with Crippen LogP contribution in [0, 0.1) is 0 Å². The normalized spacial score (nSPS) is 13.2. The summed E-state index contributed by atoms with van der Waals surface area (Å²) in [6.07, 6.45) is 0. The maximum atomic E-state index is 6.65. The monoisotopic (exact) mass is 331 g/mol. The Bertz CT molecular complexity index is 323. The molecule has 0 heterocycles. The number of aliphatic imine (C=N–C) groups is 4. The van der Waals surface area contributed by atoms with E-state index in [-0.39, 0.29) is 56.5 Å². The number of nitrogens with one attached hydrogen (secondary N) is 2. The molecule has 0 fully saturated rings. The van der Waals surface area contributed by atoms with Gasteiger partial charge >= 0.3 is 0 Å².